The van der Waals surface area contributed by atoms with Crippen molar-refractivity contribution in [2.24, 2.45) is 5.92 Å². The summed E-state index contributed by atoms with van der Waals surface area (Å²) in [6, 6.07) is 4.76. The van der Waals surface area contributed by atoms with Gasteiger partial charge in [0.2, 0.25) is 0 Å². The Kier molecular flexibility index (Phi) is 1.59. The van der Waals surface area contributed by atoms with Crippen molar-refractivity contribution in [2.75, 3.05) is 0 Å². The number of rotatable bonds is 0. The number of benzene rings is 1. The van der Waals surface area contributed by atoms with Gasteiger partial charge in [-0.2, -0.15) is 0 Å². The van der Waals surface area contributed by atoms with Crippen molar-refractivity contribution >= 4 is 18.2 Å². The summed E-state index contributed by atoms with van der Waals surface area (Å²) in [5.41, 5.74) is 5.79. The van der Waals surface area contributed by atoms with Crippen molar-refractivity contribution < 1.29 is 0 Å². The molecule has 0 amide bonds. The first-order valence-corrected chi connectivity index (χ1v) is 6.11. The second-order valence-corrected chi connectivity index (χ2v) is 5.02. The lowest BCUT2D eigenvalue weighted by Crippen LogP contribution is -1.95. The molecule has 3 aliphatic carbocycles. The summed E-state index contributed by atoms with van der Waals surface area (Å²) in [5.74, 6) is 1.67. The van der Waals surface area contributed by atoms with E-state index < -0.39 is 0 Å². The molecule has 0 radical (unpaired) electrons. The smallest absolute Gasteiger partial charge is 0.00867 e. The highest BCUT2D eigenvalue weighted by Crippen LogP contribution is 2.53. The van der Waals surface area contributed by atoms with Crippen LogP contribution in [0.25, 0.3) is 18.2 Å². The first kappa shape index (κ1) is 8.58. The third kappa shape index (κ3) is 1.16. The lowest BCUT2D eigenvalue weighted by atomic mass is 9.92. The molecule has 1 aromatic rings. The Hall–Kier alpha value is -1.56. The van der Waals surface area contributed by atoms with Gasteiger partial charge in [0.25, 0.3) is 0 Å². The molecule has 4 rings (SSSR count). The summed E-state index contributed by atoms with van der Waals surface area (Å²) in [4.78, 5) is 0. The minimum atomic E-state index is 0.825. The summed E-state index contributed by atoms with van der Waals surface area (Å²) >= 11 is 0. The Labute approximate surface area is 96.0 Å². The van der Waals surface area contributed by atoms with Crippen LogP contribution in [0.1, 0.15) is 41.0 Å². The van der Waals surface area contributed by atoms with E-state index in [1.807, 2.05) is 0 Å². The fraction of sp³-hybridized carbons (Fsp3) is 0.250. The van der Waals surface area contributed by atoms with Gasteiger partial charge >= 0.3 is 0 Å². The SMILES string of the molecule is C1=Cc2cc3c(cc2C=CC1)C1CC1C=C3. The van der Waals surface area contributed by atoms with Crippen LogP contribution in [0.4, 0.5) is 0 Å². The Morgan fingerprint density at radius 1 is 0.875 bits per heavy atom. The van der Waals surface area contributed by atoms with E-state index in [4.69, 9.17) is 0 Å². The molecular weight excluding hydrogens is 192 g/mol. The van der Waals surface area contributed by atoms with E-state index in [9.17, 15) is 0 Å². The van der Waals surface area contributed by atoms with E-state index >= 15 is 0 Å². The average molecular weight is 206 g/mol. The van der Waals surface area contributed by atoms with Crippen LogP contribution in [0, 0.1) is 5.92 Å². The van der Waals surface area contributed by atoms with Gasteiger partial charge in [-0.3, -0.25) is 0 Å². The summed E-state index contributed by atoms with van der Waals surface area (Å²) in [5, 5.41) is 0. The summed E-state index contributed by atoms with van der Waals surface area (Å²) in [6.45, 7) is 0. The molecule has 0 aromatic heterocycles. The van der Waals surface area contributed by atoms with Crippen LogP contribution in [0.15, 0.2) is 30.4 Å². The van der Waals surface area contributed by atoms with Crippen LogP contribution in [0.2, 0.25) is 0 Å². The summed E-state index contributed by atoms with van der Waals surface area (Å²) in [6.07, 6.45) is 16.1. The van der Waals surface area contributed by atoms with E-state index in [1.165, 1.54) is 23.1 Å². The number of hydrogen-bond donors (Lipinski definition) is 0. The van der Waals surface area contributed by atoms with Crippen molar-refractivity contribution in [2.45, 2.75) is 18.8 Å². The van der Waals surface area contributed by atoms with E-state index in [0.29, 0.717) is 0 Å². The standard InChI is InChI=1S/C16H14/c1-2-4-11-8-13-6-7-14-10-16(14)15(13)9-12(11)5-3-1/h2-9,14,16H,1,10H2. The van der Waals surface area contributed by atoms with Gasteiger partial charge in [0, 0.05) is 0 Å². The Balaban J connectivity index is 1.95. The highest BCUT2D eigenvalue weighted by Gasteiger charge is 2.39. The Morgan fingerprint density at radius 2 is 1.69 bits per heavy atom. The van der Waals surface area contributed by atoms with Gasteiger partial charge in [0.1, 0.15) is 0 Å². The molecule has 0 aliphatic heterocycles. The maximum atomic E-state index is 2.41. The van der Waals surface area contributed by atoms with Gasteiger partial charge in [-0.25, -0.2) is 0 Å². The predicted octanol–water partition coefficient (Wildman–Crippen LogP) is 4.25. The molecule has 1 aromatic carbocycles. The van der Waals surface area contributed by atoms with Crippen LogP contribution >= 0.6 is 0 Å². The monoisotopic (exact) mass is 206 g/mol. The molecule has 2 unspecified atom stereocenters. The second kappa shape index (κ2) is 2.98. The van der Waals surface area contributed by atoms with Gasteiger partial charge in [0.15, 0.2) is 0 Å². The Morgan fingerprint density at radius 3 is 2.56 bits per heavy atom. The fourth-order valence-corrected chi connectivity index (χ4v) is 2.90. The fourth-order valence-electron chi connectivity index (χ4n) is 2.90. The zero-order valence-electron chi connectivity index (χ0n) is 9.19. The molecule has 0 bridgehead atoms. The molecule has 78 valence electrons. The number of allylic oxidation sites excluding steroid dienone is 3. The van der Waals surface area contributed by atoms with Gasteiger partial charge in [0.05, 0.1) is 0 Å². The Bertz CT molecular complexity index is 543. The lowest BCUT2D eigenvalue weighted by molar-refractivity contribution is 0.995. The van der Waals surface area contributed by atoms with Crippen LogP contribution in [0.3, 0.4) is 0 Å². The van der Waals surface area contributed by atoms with E-state index in [0.717, 1.165) is 18.3 Å². The number of hydrogen-bond acceptors (Lipinski definition) is 0. The molecule has 16 heavy (non-hydrogen) atoms. The first-order chi connectivity index (χ1) is 7.92. The molecule has 1 saturated carbocycles. The van der Waals surface area contributed by atoms with Gasteiger partial charge < -0.3 is 0 Å². The zero-order valence-corrected chi connectivity index (χ0v) is 9.19. The molecule has 0 heterocycles. The van der Waals surface area contributed by atoms with Crippen LogP contribution < -0.4 is 0 Å². The average Bonchev–Trinajstić information content (AvgIpc) is 3.09. The highest BCUT2D eigenvalue weighted by atomic mass is 14.4. The van der Waals surface area contributed by atoms with Crippen molar-refractivity contribution in [3.63, 3.8) is 0 Å². The second-order valence-electron chi connectivity index (χ2n) is 5.02. The minimum absolute atomic E-state index is 0.825. The van der Waals surface area contributed by atoms with Crippen LogP contribution in [0.5, 0.6) is 0 Å². The molecule has 1 fully saturated rings. The molecule has 2 atom stereocenters. The molecule has 0 spiro atoms. The summed E-state index contributed by atoms with van der Waals surface area (Å²) in [7, 11) is 0. The lowest BCUT2D eigenvalue weighted by Gasteiger charge is -2.13. The van der Waals surface area contributed by atoms with Crippen molar-refractivity contribution in [3.8, 4) is 0 Å². The zero-order chi connectivity index (χ0) is 10.5. The minimum Gasteiger partial charge on any atom is -0.0802 e. The van der Waals surface area contributed by atoms with Gasteiger partial charge in [-0.1, -0.05) is 42.5 Å². The molecule has 3 aliphatic rings. The molecule has 0 saturated heterocycles. The van der Waals surface area contributed by atoms with Crippen molar-refractivity contribution in [3.05, 3.63) is 52.6 Å². The third-order valence-electron chi connectivity index (χ3n) is 3.92. The van der Waals surface area contributed by atoms with Crippen molar-refractivity contribution in [1.82, 2.24) is 0 Å². The maximum absolute atomic E-state index is 2.41. The highest BCUT2D eigenvalue weighted by molar-refractivity contribution is 5.74. The maximum Gasteiger partial charge on any atom is -0.00867 e. The topological polar surface area (TPSA) is 0 Å². The third-order valence-corrected chi connectivity index (χ3v) is 3.92. The van der Waals surface area contributed by atoms with E-state index in [-0.39, 0.29) is 0 Å². The largest absolute Gasteiger partial charge is 0.0802 e. The quantitative estimate of drug-likeness (QED) is 0.595. The van der Waals surface area contributed by atoms with Gasteiger partial charge in [-0.05, 0) is 53.0 Å². The van der Waals surface area contributed by atoms with Crippen LogP contribution in [-0.4, -0.2) is 0 Å². The first-order valence-electron chi connectivity index (χ1n) is 6.11. The molecule has 0 nitrogen and oxygen atoms in total. The van der Waals surface area contributed by atoms with E-state index in [1.54, 1.807) is 5.56 Å². The summed E-state index contributed by atoms with van der Waals surface area (Å²) < 4.78 is 0. The van der Waals surface area contributed by atoms with E-state index in [2.05, 4.69) is 48.6 Å². The predicted molar refractivity (Wildman–Crippen MR) is 69.0 cm³/mol. The molecule has 0 N–H and O–H groups in total. The van der Waals surface area contributed by atoms with Crippen LogP contribution in [-0.2, 0) is 0 Å². The van der Waals surface area contributed by atoms with Gasteiger partial charge in [-0.15, -0.1) is 0 Å². The van der Waals surface area contributed by atoms with Crippen molar-refractivity contribution in [1.29, 1.82) is 0 Å². The molecular formula is C16H14. The number of fused-ring (bicyclic) bond motifs is 4. The normalized spacial score (nSPS) is 28.0. The molecule has 0 heteroatoms.